The number of hydrogen-bond donors (Lipinski definition) is 3. The van der Waals surface area contributed by atoms with Gasteiger partial charge in [0.05, 0.1) is 31.9 Å². The van der Waals surface area contributed by atoms with E-state index in [-0.39, 0.29) is 22.1 Å². The van der Waals surface area contributed by atoms with E-state index in [2.05, 4.69) is 31.6 Å². The van der Waals surface area contributed by atoms with Crippen LogP contribution in [0.25, 0.3) is 21.8 Å². The summed E-state index contributed by atoms with van der Waals surface area (Å²) < 4.78 is 46.0. The van der Waals surface area contributed by atoms with Crippen LogP contribution in [0.15, 0.2) is 66.2 Å². The molecular weight excluding hydrogens is 521 g/mol. The second-order valence-corrected chi connectivity index (χ2v) is 9.51. The molecule has 0 bridgehead atoms. The third-order valence-corrected chi connectivity index (χ3v) is 6.99. The van der Waals surface area contributed by atoms with Crippen molar-refractivity contribution in [1.29, 1.82) is 0 Å². The number of aryl methyl sites for hydroxylation is 1. The number of nitrogens with two attached hydrogens (primary N) is 1. The van der Waals surface area contributed by atoms with E-state index in [1.165, 1.54) is 23.6 Å². The third kappa shape index (κ3) is 6.34. The minimum absolute atomic E-state index is 0.0155. The van der Waals surface area contributed by atoms with Gasteiger partial charge in [-0.15, -0.1) is 11.3 Å². The van der Waals surface area contributed by atoms with Crippen molar-refractivity contribution in [3.63, 3.8) is 0 Å². The highest BCUT2D eigenvalue weighted by Gasteiger charge is 2.21. The number of halogens is 3. The molecule has 0 unspecified atom stereocenters. The fourth-order valence-corrected chi connectivity index (χ4v) is 5.05. The first-order valence-corrected chi connectivity index (χ1v) is 12.7. The van der Waals surface area contributed by atoms with E-state index in [1.807, 2.05) is 0 Å². The van der Waals surface area contributed by atoms with E-state index >= 15 is 4.39 Å². The number of rotatable bonds is 10. The van der Waals surface area contributed by atoms with Gasteiger partial charge >= 0.3 is 0 Å². The molecule has 0 radical (unpaired) electrons. The van der Waals surface area contributed by atoms with Crippen LogP contribution in [0.1, 0.15) is 11.4 Å². The summed E-state index contributed by atoms with van der Waals surface area (Å²) in [5.74, 6) is -2.27. The number of anilines is 2. The summed E-state index contributed by atoms with van der Waals surface area (Å²) in [5, 5.41) is 3.24. The Kier molecular flexibility index (Phi) is 8.54. The molecule has 4 aromatic rings. The van der Waals surface area contributed by atoms with Crippen LogP contribution in [0.4, 0.5) is 24.8 Å². The van der Waals surface area contributed by atoms with Gasteiger partial charge in [0.2, 0.25) is 11.9 Å². The maximum Gasteiger partial charge on any atom is 0.250 e. The molecule has 2 aromatic heterocycles. The van der Waals surface area contributed by atoms with Crippen molar-refractivity contribution in [3.05, 3.63) is 83.8 Å². The van der Waals surface area contributed by atoms with Crippen LogP contribution in [0.3, 0.4) is 0 Å². The first kappa shape index (κ1) is 26.3. The number of nitrogens with zero attached hydrogens (tertiary/aromatic N) is 3. The Labute approximate surface area is 219 Å². The van der Waals surface area contributed by atoms with Crippen LogP contribution >= 0.6 is 23.3 Å². The Hall–Kier alpha value is -3.74. The fraction of sp³-hybridized carbons (Fsp3) is 0.120. The normalized spacial score (nSPS) is 10.8. The van der Waals surface area contributed by atoms with Crippen molar-refractivity contribution in [3.8, 4) is 21.8 Å². The van der Waals surface area contributed by atoms with Gasteiger partial charge in [-0.2, -0.15) is 0 Å². The van der Waals surface area contributed by atoms with Gasteiger partial charge in [-0.25, -0.2) is 28.1 Å². The fourth-order valence-electron chi connectivity index (χ4n) is 3.25. The van der Waals surface area contributed by atoms with Crippen molar-refractivity contribution < 1.29 is 18.0 Å². The second-order valence-electron chi connectivity index (χ2n) is 7.58. The van der Waals surface area contributed by atoms with E-state index < -0.39 is 23.4 Å². The zero-order valence-electron chi connectivity index (χ0n) is 19.3. The van der Waals surface area contributed by atoms with E-state index in [0.717, 1.165) is 41.2 Å². The molecule has 2 heterocycles. The van der Waals surface area contributed by atoms with Crippen LogP contribution in [0.5, 0.6) is 0 Å². The highest BCUT2D eigenvalue weighted by atomic mass is 32.2. The van der Waals surface area contributed by atoms with Crippen LogP contribution in [0, 0.1) is 17.5 Å². The average molecular weight is 543 g/mol. The minimum Gasteiger partial charge on any atom is -0.330 e. The second kappa shape index (κ2) is 12.0. The Morgan fingerprint density at radius 1 is 1.16 bits per heavy atom. The summed E-state index contributed by atoms with van der Waals surface area (Å²) in [5.41, 5.74) is 6.69. The highest BCUT2D eigenvalue weighted by Crippen LogP contribution is 2.39. The average Bonchev–Trinajstić information content (AvgIpc) is 3.32. The van der Waals surface area contributed by atoms with Gasteiger partial charge in [0.15, 0.2) is 5.82 Å². The van der Waals surface area contributed by atoms with E-state index in [4.69, 9.17) is 5.73 Å². The number of aromatic nitrogens is 3. The third-order valence-electron chi connectivity index (χ3n) is 4.99. The molecule has 0 spiro atoms. The predicted molar refractivity (Wildman–Crippen MR) is 141 cm³/mol. The molecular formula is C25H21F3N6OS2. The SMILES string of the molecule is C=CC(=O)Nc1nccc(-c2sc(CCCN)nc2-c2cccc(NSc3cc(F)ccc3F)c2F)n1. The predicted octanol–water partition coefficient (Wildman–Crippen LogP) is 5.82. The topological polar surface area (TPSA) is 106 Å². The lowest BCUT2D eigenvalue weighted by atomic mass is 10.1. The molecule has 0 aliphatic heterocycles. The maximum absolute atomic E-state index is 15.7. The van der Waals surface area contributed by atoms with E-state index in [9.17, 15) is 13.6 Å². The molecule has 37 heavy (non-hydrogen) atoms. The van der Waals surface area contributed by atoms with Crippen molar-refractivity contribution in [2.24, 2.45) is 5.73 Å². The van der Waals surface area contributed by atoms with Crippen molar-refractivity contribution in [1.82, 2.24) is 15.0 Å². The molecule has 0 aliphatic carbocycles. The molecule has 1 amide bonds. The molecule has 0 atom stereocenters. The van der Waals surface area contributed by atoms with E-state index in [0.29, 0.717) is 35.7 Å². The lowest BCUT2D eigenvalue weighted by molar-refractivity contribution is -0.111. The summed E-state index contributed by atoms with van der Waals surface area (Å²) in [6, 6.07) is 9.35. The summed E-state index contributed by atoms with van der Waals surface area (Å²) in [7, 11) is 0. The number of amides is 1. The Balaban J connectivity index is 1.71. The Morgan fingerprint density at radius 2 is 2.00 bits per heavy atom. The molecule has 0 saturated heterocycles. The number of hydrogen-bond acceptors (Lipinski definition) is 8. The van der Waals surface area contributed by atoms with Crippen LogP contribution in [-0.4, -0.2) is 27.4 Å². The zero-order chi connectivity index (χ0) is 26.4. The number of benzene rings is 2. The molecule has 2 aromatic carbocycles. The quantitative estimate of drug-likeness (QED) is 0.171. The molecule has 4 rings (SSSR count). The summed E-state index contributed by atoms with van der Waals surface area (Å²) in [6.07, 6.45) is 3.85. The largest absolute Gasteiger partial charge is 0.330 e. The van der Waals surface area contributed by atoms with Gasteiger partial charge in [-0.3, -0.25) is 10.1 Å². The van der Waals surface area contributed by atoms with Gasteiger partial charge in [-0.1, -0.05) is 12.6 Å². The van der Waals surface area contributed by atoms with E-state index in [1.54, 1.807) is 18.2 Å². The molecule has 4 N–H and O–H groups in total. The molecule has 190 valence electrons. The number of nitrogens with one attached hydrogen (secondary N) is 2. The number of carbonyl (C=O) groups excluding carboxylic acids is 1. The minimum atomic E-state index is -0.634. The highest BCUT2D eigenvalue weighted by molar-refractivity contribution is 8.00. The first-order valence-electron chi connectivity index (χ1n) is 11.0. The molecule has 0 saturated carbocycles. The zero-order valence-corrected chi connectivity index (χ0v) is 20.9. The lowest BCUT2D eigenvalue weighted by Gasteiger charge is -2.11. The summed E-state index contributed by atoms with van der Waals surface area (Å²) in [4.78, 5) is 25.3. The molecule has 0 fully saturated rings. The van der Waals surface area contributed by atoms with Gasteiger partial charge in [0.25, 0.3) is 0 Å². The van der Waals surface area contributed by atoms with Gasteiger partial charge < -0.3 is 10.5 Å². The Bertz CT molecular complexity index is 1450. The van der Waals surface area contributed by atoms with Gasteiger partial charge in [0.1, 0.15) is 11.6 Å². The van der Waals surface area contributed by atoms with Gasteiger partial charge in [-0.05, 0) is 67.4 Å². The van der Waals surface area contributed by atoms with Crippen molar-refractivity contribution in [2.75, 3.05) is 16.6 Å². The molecule has 0 aliphatic rings. The molecule has 12 heteroatoms. The molecule has 7 nitrogen and oxygen atoms in total. The van der Waals surface area contributed by atoms with Crippen LogP contribution in [-0.2, 0) is 11.2 Å². The maximum atomic E-state index is 15.7. The monoisotopic (exact) mass is 542 g/mol. The summed E-state index contributed by atoms with van der Waals surface area (Å²) >= 11 is 2.09. The van der Waals surface area contributed by atoms with Crippen LogP contribution < -0.4 is 15.8 Å². The number of thiazole rings is 1. The first-order chi connectivity index (χ1) is 17.9. The summed E-state index contributed by atoms with van der Waals surface area (Å²) in [6.45, 7) is 3.88. The lowest BCUT2D eigenvalue weighted by Crippen LogP contribution is -2.10. The standard InChI is InChI=1S/C25H21F3N6OS2/c1-2-20(35)32-25-30-12-10-18(31-25)24-23(33-21(36-24)7-4-11-29)15-5-3-6-17(22(15)28)34-37-19-13-14(26)8-9-16(19)27/h2-3,5-6,8-10,12-13,34H,1,4,7,11,29H2,(H,30,31,32,35). The number of carbonyl (C=O) groups is 1. The van der Waals surface area contributed by atoms with Crippen molar-refractivity contribution >= 4 is 40.8 Å². The van der Waals surface area contributed by atoms with Gasteiger partial charge in [0, 0.05) is 18.2 Å². The Morgan fingerprint density at radius 3 is 2.78 bits per heavy atom. The van der Waals surface area contributed by atoms with Crippen LogP contribution in [0.2, 0.25) is 0 Å². The van der Waals surface area contributed by atoms with Crippen molar-refractivity contribution in [2.45, 2.75) is 17.7 Å². The smallest absolute Gasteiger partial charge is 0.250 e.